The number of Topliss-reactive ketones (excluding diaryl/α,β-unsaturated/α-hetero) is 1. The Bertz CT molecular complexity index is 1590. The summed E-state index contributed by atoms with van der Waals surface area (Å²) in [5, 5.41) is 0.497. The van der Waals surface area contributed by atoms with E-state index in [0.29, 0.717) is 41.2 Å². The van der Waals surface area contributed by atoms with E-state index in [1.165, 1.54) is 24.1 Å². The molecule has 3 heterocycles. The van der Waals surface area contributed by atoms with Gasteiger partial charge in [-0.1, -0.05) is 12.1 Å². The van der Waals surface area contributed by atoms with Gasteiger partial charge in [-0.2, -0.15) is 0 Å². The molecule has 0 N–H and O–H groups in total. The number of benzene rings is 2. The van der Waals surface area contributed by atoms with E-state index in [4.69, 9.17) is 9.47 Å². The molecule has 2 aliphatic rings. The standard InChI is InChI=1S/C34H41FN4O6/c1-6-45-34(43)39-19-21(2)38(18-22(39)3)33(42)31(40)28-20-36(4)29-17-30(44-5)27(16-26(28)29)32(41)37-13-11-24(12-14-37)15-23-7-9-25(35)10-8-23/h7-10,16-17,20-22,24H,6,11-15,18-19H2,1-5H3/t21-,22+/m1/s1. The maximum absolute atomic E-state index is 13.8. The Morgan fingerprint density at radius 3 is 2.22 bits per heavy atom. The SMILES string of the molecule is CCOC(=O)N1C[C@@H](C)N(C(=O)C(=O)c2cn(C)c3cc(OC)c(C(=O)N4CCC(Cc5ccc(F)cc5)CC4)cc23)C[C@@H]1C. The van der Waals surface area contributed by atoms with Crippen molar-refractivity contribution in [1.29, 1.82) is 0 Å². The smallest absolute Gasteiger partial charge is 0.410 e. The van der Waals surface area contributed by atoms with Crippen LogP contribution in [0.3, 0.4) is 0 Å². The molecule has 3 amide bonds. The lowest BCUT2D eigenvalue weighted by molar-refractivity contribution is -0.131. The van der Waals surface area contributed by atoms with E-state index in [-0.39, 0.29) is 49.1 Å². The summed E-state index contributed by atoms with van der Waals surface area (Å²) < 4.78 is 25.8. The van der Waals surface area contributed by atoms with Crippen molar-refractivity contribution in [2.24, 2.45) is 13.0 Å². The van der Waals surface area contributed by atoms with E-state index in [0.717, 1.165) is 24.8 Å². The molecule has 0 bridgehead atoms. The molecule has 2 aromatic carbocycles. The molecule has 240 valence electrons. The van der Waals surface area contributed by atoms with Crippen molar-refractivity contribution in [3.63, 3.8) is 0 Å². The average molecular weight is 621 g/mol. The molecule has 10 nitrogen and oxygen atoms in total. The van der Waals surface area contributed by atoms with Crippen LogP contribution in [0.2, 0.25) is 0 Å². The third-order valence-corrected chi connectivity index (χ3v) is 9.07. The number of likely N-dealkylation sites (tertiary alicyclic amines) is 1. The number of carbonyl (C=O) groups excluding carboxylic acids is 4. The highest BCUT2D eigenvalue weighted by molar-refractivity contribution is 6.45. The number of aromatic nitrogens is 1. The quantitative estimate of drug-likeness (QED) is 0.281. The number of aryl methyl sites for hydroxylation is 1. The largest absolute Gasteiger partial charge is 0.496 e. The molecule has 3 aromatic rings. The van der Waals surface area contributed by atoms with E-state index in [2.05, 4.69) is 0 Å². The monoisotopic (exact) mass is 620 g/mol. The minimum absolute atomic E-state index is 0.194. The predicted molar refractivity (Wildman–Crippen MR) is 167 cm³/mol. The highest BCUT2D eigenvalue weighted by Gasteiger charge is 2.38. The molecule has 0 unspecified atom stereocenters. The molecule has 5 rings (SSSR count). The van der Waals surface area contributed by atoms with Crippen LogP contribution in [0.5, 0.6) is 5.75 Å². The van der Waals surface area contributed by atoms with Gasteiger partial charge in [-0.05, 0) is 69.7 Å². The van der Waals surface area contributed by atoms with Crippen molar-refractivity contribution in [1.82, 2.24) is 19.3 Å². The Morgan fingerprint density at radius 2 is 1.58 bits per heavy atom. The topological polar surface area (TPSA) is 101 Å². The zero-order valence-electron chi connectivity index (χ0n) is 26.5. The molecule has 0 aliphatic carbocycles. The Hall–Kier alpha value is -4.41. The maximum atomic E-state index is 13.8. The fourth-order valence-corrected chi connectivity index (χ4v) is 6.51. The number of piperidine rings is 1. The second-order valence-corrected chi connectivity index (χ2v) is 12.1. The van der Waals surface area contributed by atoms with E-state index >= 15 is 0 Å². The molecule has 2 atom stereocenters. The number of fused-ring (bicyclic) bond motifs is 1. The van der Waals surface area contributed by atoms with Crippen molar-refractivity contribution in [3.05, 3.63) is 65.1 Å². The van der Waals surface area contributed by atoms with Gasteiger partial charge in [-0.3, -0.25) is 14.4 Å². The first-order valence-electron chi connectivity index (χ1n) is 15.5. The summed E-state index contributed by atoms with van der Waals surface area (Å²) in [7, 11) is 3.28. The van der Waals surface area contributed by atoms with Crippen LogP contribution in [0, 0.1) is 11.7 Å². The second kappa shape index (κ2) is 13.3. The Balaban J connectivity index is 1.34. The number of nitrogens with zero attached hydrogens (tertiary/aromatic N) is 4. The molecule has 11 heteroatoms. The maximum Gasteiger partial charge on any atom is 0.410 e. The van der Waals surface area contributed by atoms with Gasteiger partial charge < -0.3 is 28.7 Å². The molecular weight excluding hydrogens is 579 g/mol. The van der Waals surface area contributed by atoms with Gasteiger partial charge >= 0.3 is 6.09 Å². The summed E-state index contributed by atoms with van der Waals surface area (Å²) in [5.74, 6) is -0.995. The number of methoxy groups -OCH3 is 1. The third-order valence-electron chi connectivity index (χ3n) is 9.07. The lowest BCUT2D eigenvalue weighted by Gasteiger charge is -2.43. The van der Waals surface area contributed by atoms with E-state index < -0.39 is 17.8 Å². The summed E-state index contributed by atoms with van der Waals surface area (Å²) in [6.45, 7) is 7.21. The lowest BCUT2D eigenvalue weighted by Crippen LogP contribution is -2.60. The van der Waals surface area contributed by atoms with Crippen LogP contribution in [0.25, 0.3) is 10.9 Å². The van der Waals surface area contributed by atoms with Crippen molar-refractivity contribution in [2.75, 3.05) is 39.9 Å². The molecular formula is C34H41FN4O6. The van der Waals surface area contributed by atoms with Gasteiger partial charge in [0.1, 0.15) is 11.6 Å². The Kier molecular flexibility index (Phi) is 9.45. The number of amides is 3. The van der Waals surface area contributed by atoms with Gasteiger partial charge in [0.15, 0.2) is 0 Å². The molecule has 2 saturated heterocycles. The molecule has 1 aromatic heterocycles. The zero-order chi connectivity index (χ0) is 32.4. The minimum Gasteiger partial charge on any atom is -0.496 e. The van der Waals surface area contributed by atoms with Gasteiger partial charge in [-0.15, -0.1) is 0 Å². The van der Waals surface area contributed by atoms with E-state index in [9.17, 15) is 23.6 Å². The first-order valence-corrected chi connectivity index (χ1v) is 15.5. The van der Waals surface area contributed by atoms with Gasteiger partial charge in [0, 0.05) is 63.0 Å². The number of ketones is 1. The van der Waals surface area contributed by atoms with Gasteiger partial charge in [0.05, 0.1) is 30.4 Å². The average Bonchev–Trinajstić information content (AvgIpc) is 3.36. The summed E-state index contributed by atoms with van der Waals surface area (Å²) in [6.07, 6.45) is 3.64. The number of hydrogen-bond acceptors (Lipinski definition) is 6. The van der Waals surface area contributed by atoms with Crippen LogP contribution < -0.4 is 4.74 Å². The number of rotatable bonds is 7. The van der Waals surface area contributed by atoms with Gasteiger partial charge in [-0.25, -0.2) is 9.18 Å². The summed E-state index contributed by atoms with van der Waals surface area (Å²) in [4.78, 5) is 58.4. The van der Waals surface area contributed by atoms with Crippen molar-refractivity contribution < 1.29 is 33.0 Å². The van der Waals surface area contributed by atoms with E-state index in [1.54, 1.807) is 65.7 Å². The van der Waals surface area contributed by atoms with Gasteiger partial charge in [0.25, 0.3) is 17.6 Å². The van der Waals surface area contributed by atoms with Gasteiger partial charge in [0.2, 0.25) is 0 Å². The number of carbonyl (C=O) groups is 4. The highest BCUT2D eigenvalue weighted by atomic mass is 19.1. The zero-order valence-corrected chi connectivity index (χ0v) is 26.5. The highest BCUT2D eigenvalue weighted by Crippen LogP contribution is 2.32. The fourth-order valence-electron chi connectivity index (χ4n) is 6.51. The normalized spacial score (nSPS) is 19.1. The molecule has 0 spiro atoms. The fraction of sp³-hybridized carbons (Fsp3) is 0.471. The molecule has 2 aliphatic heterocycles. The van der Waals surface area contributed by atoms with Crippen LogP contribution in [0.15, 0.2) is 42.6 Å². The molecule has 0 radical (unpaired) electrons. The van der Waals surface area contributed by atoms with Crippen molar-refractivity contribution in [2.45, 2.75) is 52.1 Å². The first kappa shape index (κ1) is 32.0. The number of hydrogen-bond donors (Lipinski definition) is 0. The Morgan fingerprint density at radius 1 is 0.933 bits per heavy atom. The van der Waals surface area contributed by atoms with Crippen LogP contribution in [-0.2, 0) is 23.0 Å². The second-order valence-electron chi connectivity index (χ2n) is 12.1. The molecule has 2 fully saturated rings. The van der Waals surface area contributed by atoms with Crippen LogP contribution in [0.1, 0.15) is 59.9 Å². The first-order chi connectivity index (χ1) is 21.5. The van der Waals surface area contributed by atoms with Crippen LogP contribution >= 0.6 is 0 Å². The lowest BCUT2D eigenvalue weighted by atomic mass is 9.90. The van der Waals surface area contributed by atoms with Crippen molar-refractivity contribution in [3.8, 4) is 5.75 Å². The minimum atomic E-state index is -0.672. The predicted octanol–water partition coefficient (Wildman–Crippen LogP) is 4.68. The summed E-state index contributed by atoms with van der Waals surface area (Å²) >= 11 is 0. The Labute approximate surface area is 262 Å². The summed E-state index contributed by atoms with van der Waals surface area (Å²) in [6, 6.07) is 9.24. The van der Waals surface area contributed by atoms with E-state index in [1.807, 2.05) is 6.92 Å². The third kappa shape index (κ3) is 6.53. The number of piperazine rings is 1. The summed E-state index contributed by atoms with van der Waals surface area (Å²) in [5.41, 5.74) is 2.28. The molecule has 45 heavy (non-hydrogen) atoms. The van der Waals surface area contributed by atoms with Crippen LogP contribution in [-0.4, -0.2) is 94.9 Å². The number of ether oxygens (including phenoxy) is 2. The molecule has 0 saturated carbocycles. The van der Waals surface area contributed by atoms with Crippen LogP contribution in [0.4, 0.5) is 9.18 Å². The number of halogens is 1. The van der Waals surface area contributed by atoms with Crippen molar-refractivity contribution >= 4 is 34.6 Å².